The van der Waals surface area contributed by atoms with E-state index in [1.165, 1.54) is 25.1 Å². The summed E-state index contributed by atoms with van der Waals surface area (Å²) in [6.07, 6.45) is -2.11. The molecule has 1 aliphatic rings. The number of nitrogens with zero attached hydrogens (tertiary/aromatic N) is 2. The average Bonchev–Trinajstić information content (AvgIpc) is 3.29. The number of alkyl halides is 3. The van der Waals surface area contributed by atoms with Gasteiger partial charge in [-0.05, 0) is 56.5 Å². The van der Waals surface area contributed by atoms with Crippen LogP contribution >= 0.6 is 23.2 Å². The summed E-state index contributed by atoms with van der Waals surface area (Å²) in [4.78, 5) is 46.3. The molecule has 2 N–H and O–H groups in total. The first-order valence-corrected chi connectivity index (χ1v) is 12.4. The first-order chi connectivity index (χ1) is 18.1. The van der Waals surface area contributed by atoms with Crippen molar-refractivity contribution >= 4 is 41.1 Å². The van der Waals surface area contributed by atoms with Crippen molar-refractivity contribution in [2.75, 3.05) is 7.05 Å². The summed E-state index contributed by atoms with van der Waals surface area (Å²) in [6.45, 7) is 2.14. The molecule has 2 aromatic rings. The van der Waals surface area contributed by atoms with Crippen LogP contribution in [0, 0.1) is 0 Å². The second kappa shape index (κ2) is 13.8. The van der Waals surface area contributed by atoms with E-state index in [1.54, 1.807) is 16.7 Å². The smallest absolute Gasteiger partial charge is 0.478 e. The second-order valence-corrected chi connectivity index (χ2v) is 9.67. The number of ether oxygens (including phenoxy) is 1. The van der Waals surface area contributed by atoms with Crippen molar-refractivity contribution in [1.29, 1.82) is 0 Å². The lowest BCUT2D eigenvalue weighted by atomic mass is 10.1. The van der Waals surface area contributed by atoms with E-state index in [0.717, 1.165) is 24.8 Å². The summed E-state index contributed by atoms with van der Waals surface area (Å²) in [5.74, 6) is -4.04. The molecule has 1 aromatic heterocycles. The maximum absolute atomic E-state index is 12.8. The summed E-state index contributed by atoms with van der Waals surface area (Å²) < 4.78 is 38.8. The Morgan fingerprint density at radius 2 is 1.69 bits per heavy atom. The van der Waals surface area contributed by atoms with E-state index in [9.17, 15) is 27.6 Å². The molecule has 0 unspecified atom stereocenters. The molecule has 9 nitrogen and oxygen atoms in total. The fourth-order valence-corrected chi connectivity index (χ4v) is 4.74. The summed E-state index contributed by atoms with van der Waals surface area (Å²) >= 11 is 12.6. The topological polar surface area (TPSA) is 126 Å². The number of hydrogen-bond donors (Lipinski definition) is 2. The fourth-order valence-electron chi connectivity index (χ4n) is 4.20. The van der Waals surface area contributed by atoms with Crippen molar-refractivity contribution in [1.82, 2.24) is 9.47 Å². The number of pyridine rings is 1. The van der Waals surface area contributed by atoms with E-state index < -0.39 is 18.1 Å². The number of aryl methyl sites for hydroxylation is 1. The molecule has 214 valence electrons. The molecular formula is C25H27Cl2F3N2O7. The number of esters is 1. The van der Waals surface area contributed by atoms with Crippen LogP contribution in [0.4, 0.5) is 13.2 Å². The Bertz CT molecular complexity index is 1250. The Morgan fingerprint density at radius 3 is 2.21 bits per heavy atom. The van der Waals surface area contributed by atoms with Gasteiger partial charge < -0.3 is 19.5 Å². The van der Waals surface area contributed by atoms with Gasteiger partial charge in [0.15, 0.2) is 0 Å². The van der Waals surface area contributed by atoms with Crippen LogP contribution in [0.2, 0.25) is 10.0 Å². The number of aromatic carboxylic acids is 1. The third-order valence-electron chi connectivity index (χ3n) is 6.07. The minimum absolute atomic E-state index is 0.0396. The Kier molecular flexibility index (Phi) is 11.4. The SMILES string of the molecule is CC(=O)O[C@@H]1CCC[C@H]1N(C)Cc1c(Cl)cc(Cl)c(=O)n1CCc1ccc(C(=O)O)cc1.O=C(O)C(F)(F)F. The lowest BCUT2D eigenvalue weighted by molar-refractivity contribution is -0.192. The van der Waals surface area contributed by atoms with Gasteiger partial charge in [0.05, 0.1) is 16.3 Å². The largest absolute Gasteiger partial charge is 0.490 e. The van der Waals surface area contributed by atoms with Gasteiger partial charge in [-0.1, -0.05) is 35.3 Å². The fraction of sp³-hybridized carbons (Fsp3) is 0.440. The number of aliphatic carboxylic acids is 1. The molecule has 2 atom stereocenters. The minimum Gasteiger partial charge on any atom is -0.478 e. The van der Waals surface area contributed by atoms with Crippen molar-refractivity contribution in [3.05, 3.63) is 67.6 Å². The van der Waals surface area contributed by atoms with Crippen LogP contribution in [0.25, 0.3) is 0 Å². The van der Waals surface area contributed by atoms with E-state index in [-0.39, 0.29) is 34.3 Å². The molecule has 1 aromatic carbocycles. The highest BCUT2D eigenvalue weighted by Gasteiger charge is 2.38. The van der Waals surface area contributed by atoms with Crippen molar-refractivity contribution < 1.29 is 42.5 Å². The quantitative estimate of drug-likeness (QED) is 0.423. The van der Waals surface area contributed by atoms with Gasteiger partial charge in [0, 0.05) is 26.1 Å². The number of aromatic nitrogens is 1. The van der Waals surface area contributed by atoms with Crippen molar-refractivity contribution in [3.8, 4) is 0 Å². The molecule has 0 bridgehead atoms. The zero-order chi connectivity index (χ0) is 29.5. The summed E-state index contributed by atoms with van der Waals surface area (Å²) in [5, 5.41) is 16.6. The predicted octanol–water partition coefficient (Wildman–Crippen LogP) is 4.65. The molecule has 1 fully saturated rings. The average molecular weight is 595 g/mol. The molecule has 0 radical (unpaired) electrons. The van der Waals surface area contributed by atoms with Crippen LogP contribution < -0.4 is 5.56 Å². The van der Waals surface area contributed by atoms with Gasteiger partial charge in [-0.3, -0.25) is 14.5 Å². The van der Waals surface area contributed by atoms with Crippen LogP contribution in [0.15, 0.2) is 35.1 Å². The van der Waals surface area contributed by atoms with E-state index in [0.29, 0.717) is 30.2 Å². The van der Waals surface area contributed by atoms with Gasteiger partial charge in [-0.25, -0.2) is 9.59 Å². The van der Waals surface area contributed by atoms with E-state index in [2.05, 4.69) is 4.90 Å². The first-order valence-electron chi connectivity index (χ1n) is 11.7. The number of rotatable bonds is 8. The van der Waals surface area contributed by atoms with E-state index >= 15 is 0 Å². The van der Waals surface area contributed by atoms with Crippen LogP contribution in [0.3, 0.4) is 0 Å². The standard InChI is InChI=1S/C23H26Cl2N2O5.C2HF3O2/c1-14(28)32-21-5-3-4-19(21)26(2)13-20-17(24)12-18(25)22(29)27(20)11-10-15-6-8-16(9-7-15)23(30)31;3-2(4,5)1(6)7/h6-9,12,19,21H,3-5,10-11,13H2,1-2H3,(H,30,31);(H,6,7)/t19-,21-;/m1./s1. The van der Waals surface area contributed by atoms with Gasteiger partial charge in [0.2, 0.25) is 0 Å². The molecule has 0 aliphatic heterocycles. The van der Waals surface area contributed by atoms with Crippen molar-refractivity contribution in [3.63, 3.8) is 0 Å². The molecule has 0 spiro atoms. The lowest BCUT2D eigenvalue weighted by Crippen LogP contribution is -2.40. The second-order valence-electron chi connectivity index (χ2n) is 8.86. The van der Waals surface area contributed by atoms with Gasteiger partial charge in [-0.2, -0.15) is 13.2 Å². The number of carboxylic acids is 2. The van der Waals surface area contributed by atoms with Gasteiger partial charge >= 0.3 is 24.1 Å². The number of carbonyl (C=O) groups is 3. The Balaban J connectivity index is 0.000000673. The molecule has 3 rings (SSSR count). The molecule has 1 heterocycles. The molecule has 14 heteroatoms. The number of carbonyl (C=O) groups excluding carboxylic acids is 1. The zero-order valence-corrected chi connectivity index (χ0v) is 22.5. The van der Waals surface area contributed by atoms with Gasteiger partial charge in [0.25, 0.3) is 5.56 Å². The molecule has 1 saturated carbocycles. The highest BCUT2D eigenvalue weighted by molar-refractivity contribution is 6.34. The van der Waals surface area contributed by atoms with Gasteiger partial charge in [-0.15, -0.1) is 0 Å². The molecule has 0 saturated heterocycles. The lowest BCUT2D eigenvalue weighted by Gasteiger charge is -2.30. The van der Waals surface area contributed by atoms with Crippen LogP contribution in [0.5, 0.6) is 0 Å². The maximum Gasteiger partial charge on any atom is 0.490 e. The summed E-state index contributed by atoms with van der Waals surface area (Å²) in [5.41, 5.74) is 1.41. The molecule has 0 amide bonds. The molecule has 1 aliphatic carbocycles. The first kappa shape index (κ1) is 32.1. The third-order valence-corrected chi connectivity index (χ3v) is 6.67. The van der Waals surface area contributed by atoms with Gasteiger partial charge in [0.1, 0.15) is 11.1 Å². The number of carboxylic acid groups (broad SMARTS) is 2. The normalized spacial score (nSPS) is 16.9. The zero-order valence-electron chi connectivity index (χ0n) is 21.0. The third kappa shape index (κ3) is 9.26. The number of halogens is 5. The molecular weight excluding hydrogens is 568 g/mol. The van der Waals surface area contributed by atoms with Crippen LogP contribution in [-0.2, 0) is 33.8 Å². The van der Waals surface area contributed by atoms with Crippen molar-refractivity contribution in [2.45, 2.75) is 64.0 Å². The van der Waals surface area contributed by atoms with Crippen molar-refractivity contribution in [2.24, 2.45) is 0 Å². The minimum atomic E-state index is -5.08. The monoisotopic (exact) mass is 594 g/mol. The summed E-state index contributed by atoms with van der Waals surface area (Å²) in [7, 11) is 1.93. The highest BCUT2D eigenvalue weighted by atomic mass is 35.5. The Morgan fingerprint density at radius 1 is 1.10 bits per heavy atom. The van der Waals surface area contributed by atoms with E-state index in [1.807, 2.05) is 7.05 Å². The number of hydrogen-bond acceptors (Lipinski definition) is 6. The maximum atomic E-state index is 12.8. The highest BCUT2D eigenvalue weighted by Crippen LogP contribution is 2.29. The Labute approximate surface area is 231 Å². The predicted molar refractivity (Wildman–Crippen MR) is 136 cm³/mol. The van der Waals surface area contributed by atoms with Crippen LogP contribution in [-0.4, -0.2) is 63.0 Å². The Hall–Kier alpha value is -3.09. The molecule has 39 heavy (non-hydrogen) atoms. The van der Waals surface area contributed by atoms with Crippen LogP contribution in [0.1, 0.15) is 47.8 Å². The summed E-state index contributed by atoms with van der Waals surface area (Å²) in [6, 6.07) is 8.04. The number of likely N-dealkylation sites (N-methyl/N-ethyl adjacent to an activating group) is 1. The number of benzene rings is 1. The van der Waals surface area contributed by atoms with E-state index in [4.69, 9.17) is 42.9 Å².